The van der Waals surface area contributed by atoms with Crippen LogP contribution >= 0.6 is 12.2 Å². The molecule has 184 valence electrons. The second-order valence-electron chi connectivity index (χ2n) is 10.1. The molecule has 3 heterocycles. The van der Waals surface area contributed by atoms with Gasteiger partial charge >= 0.3 is 0 Å². The van der Waals surface area contributed by atoms with Gasteiger partial charge < -0.3 is 14.8 Å². The van der Waals surface area contributed by atoms with Crippen LogP contribution in [0, 0.1) is 27.7 Å². The number of rotatable bonds is 5. The fraction of sp³-hybridized carbons (Fsp3) is 0.290. The Morgan fingerprint density at radius 1 is 0.889 bits per heavy atom. The van der Waals surface area contributed by atoms with Crippen LogP contribution in [-0.4, -0.2) is 14.7 Å². The van der Waals surface area contributed by atoms with Crippen LogP contribution in [0.1, 0.15) is 71.2 Å². The molecule has 0 saturated carbocycles. The number of benzene rings is 2. The Labute approximate surface area is 220 Å². The molecule has 1 saturated heterocycles. The molecule has 5 rings (SSSR count). The summed E-state index contributed by atoms with van der Waals surface area (Å²) in [5, 5.41) is 4.34. The lowest BCUT2D eigenvalue weighted by Gasteiger charge is -2.28. The van der Waals surface area contributed by atoms with Crippen LogP contribution in [0.3, 0.4) is 0 Å². The molecule has 1 fully saturated rings. The van der Waals surface area contributed by atoms with Gasteiger partial charge in [-0.2, -0.15) is 0 Å². The summed E-state index contributed by atoms with van der Waals surface area (Å²) in [4.78, 5) is 7.00. The fourth-order valence-corrected chi connectivity index (χ4v) is 5.90. The van der Waals surface area contributed by atoms with Crippen LogP contribution < -0.4 is 10.2 Å². The predicted octanol–water partition coefficient (Wildman–Crippen LogP) is 7.41. The Morgan fingerprint density at radius 2 is 1.58 bits per heavy atom. The molecule has 0 unspecified atom stereocenters. The Hall–Kier alpha value is -3.44. The van der Waals surface area contributed by atoms with Crippen molar-refractivity contribution in [2.24, 2.45) is 0 Å². The normalized spacial score (nSPS) is 17.6. The largest absolute Gasteiger partial charge is 0.351 e. The van der Waals surface area contributed by atoms with E-state index in [2.05, 4.69) is 111 Å². The minimum absolute atomic E-state index is 0.0263. The zero-order valence-electron chi connectivity index (χ0n) is 21.9. The quantitative estimate of drug-likeness (QED) is 0.293. The number of aromatic nitrogens is 2. The molecule has 0 radical (unpaired) electrons. The third kappa shape index (κ3) is 4.11. The first-order valence-electron chi connectivity index (χ1n) is 12.6. The number of thiocarbonyl (C=S) groups is 1. The number of aryl methyl sites for hydroxylation is 3. The molecular weight excluding hydrogens is 460 g/mol. The molecule has 0 aliphatic carbocycles. The second-order valence-corrected chi connectivity index (χ2v) is 10.5. The molecule has 5 heteroatoms. The second kappa shape index (κ2) is 9.55. The van der Waals surface area contributed by atoms with Crippen molar-refractivity contribution in [3.05, 3.63) is 112 Å². The van der Waals surface area contributed by atoms with Crippen LogP contribution in [0.4, 0.5) is 5.69 Å². The van der Waals surface area contributed by atoms with Gasteiger partial charge in [-0.15, -0.1) is 0 Å². The molecule has 0 amide bonds. The molecule has 2 aromatic heterocycles. The van der Waals surface area contributed by atoms with Gasteiger partial charge in [-0.3, -0.25) is 4.98 Å². The summed E-state index contributed by atoms with van der Waals surface area (Å²) in [6.07, 6.45) is 1.86. The lowest BCUT2D eigenvalue weighted by Crippen LogP contribution is -2.29. The molecule has 2 atom stereocenters. The van der Waals surface area contributed by atoms with Gasteiger partial charge in [0.2, 0.25) is 0 Å². The van der Waals surface area contributed by atoms with E-state index in [0.717, 1.165) is 16.5 Å². The van der Waals surface area contributed by atoms with Crippen LogP contribution in [0.15, 0.2) is 72.9 Å². The lowest BCUT2D eigenvalue weighted by molar-refractivity contribution is 0.565. The third-order valence-corrected chi connectivity index (χ3v) is 7.70. The average Bonchev–Trinajstić information content (AvgIpc) is 3.35. The number of nitrogens with zero attached hydrogens (tertiary/aromatic N) is 3. The third-order valence-electron chi connectivity index (χ3n) is 7.39. The van der Waals surface area contributed by atoms with Crippen molar-refractivity contribution in [2.45, 2.75) is 59.5 Å². The monoisotopic (exact) mass is 494 g/mol. The first-order chi connectivity index (χ1) is 17.3. The first kappa shape index (κ1) is 24.3. The van der Waals surface area contributed by atoms with E-state index in [0.29, 0.717) is 5.92 Å². The van der Waals surface area contributed by atoms with Crippen LogP contribution in [0.5, 0.6) is 0 Å². The molecule has 0 bridgehead atoms. The maximum atomic E-state index is 5.96. The summed E-state index contributed by atoms with van der Waals surface area (Å²) < 4.78 is 2.40. The summed E-state index contributed by atoms with van der Waals surface area (Å²) in [6, 6.07) is 23.7. The molecule has 36 heavy (non-hydrogen) atoms. The van der Waals surface area contributed by atoms with Gasteiger partial charge in [-0.05, 0) is 98.4 Å². The molecule has 1 aliphatic rings. The molecule has 2 aromatic carbocycles. The zero-order chi connectivity index (χ0) is 25.6. The van der Waals surface area contributed by atoms with Crippen molar-refractivity contribution in [3.8, 4) is 5.69 Å². The van der Waals surface area contributed by atoms with Crippen molar-refractivity contribution in [1.29, 1.82) is 0 Å². The van der Waals surface area contributed by atoms with Gasteiger partial charge in [0.25, 0.3) is 0 Å². The number of anilines is 1. The van der Waals surface area contributed by atoms with Crippen LogP contribution in [0.2, 0.25) is 0 Å². The van der Waals surface area contributed by atoms with E-state index in [1.807, 2.05) is 18.3 Å². The van der Waals surface area contributed by atoms with E-state index >= 15 is 0 Å². The molecule has 1 aliphatic heterocycles. The minimum Gasteiger partial charge on any atom is -0.351 e. The van der Waals surface area contributed by atoms with E-state index in [-0.39, 0.29) is 12.1 Å². The van der Waals surface area contributed by atoms with Crippen molar-refractivity contribution in [3.63, 3.8) is 0 Å². The number of para-hydroxylation sites is 1. The highest BCUT2D eigenvalue weighted by molar-refractivity contribution is 7.80. The number of hydrogen-bond donors (Lipinski definition) is 1. The maximum Gasteiger partial charge on any atom is 0.174 e. The Kier molecular flexibility index (Phi) is 6.44. The van der Waals surface area contributed by atoms with Gasteiger partial charge in [0.1, 0.15) is 0 Å². The first-order valence-corrected chi connectivity index (χ1v) is 13.0. The SMILES string of the molecule is Cc1cccc(C)c1-n1c(C)cc([C@H]2[C@@H](c3ccccn3)NC(=S)N2c2ccc(C(C)C)cc2)c1C. The standard InChI is InChI=1S/C31H34N4S/c1-19(2)24-13-15-25(16-14-24)35-30(28(33-31(35)36)27-12-7-8-17-32-27)26-18-22(5)34(23(26)6)29-20(3)10-9-11-21(29)4/h7-19,28,30H,1-6H3,(H,33,36)/t28-,30+/m1/s1. The van der Waals surface area contributed by atoms with Crippen LogP contribution in [0.25, 0.3) is 5.69 Å². The number of pyridine rings is 1. The summed E-state index contributed by atoms with van der Waals surface area (Å²) in [5.41, 5.74) is 10.9. The van der Waals surface area contributed by atoms with Gasteiger partial charge in [-0.25, -0.2) is 0 Å². The predicted molar refractivity (Wildman–Crippen MR) is 153 cm³/mol. The van der Waals surface area contributed by atoms with Gasteiger partial charge in [-0.1, -0.05) is 50.2 Å². The highest BCUT2D eigenvalue weighted by atomic mass is 32.1. The summed E-state index contributed by atoms with van der Waals surface area (Å²) in [5.74, 6) is 0.482. The van der Waals surface area contributed by atoms with Crippen LogP contribution in [-0.2, 0) is 0 Å². The van der Waals surface area contributed by atoms with Crippen molar-refractivity contribution >= 4 is 23.0 Å². The van der Waals surface area contributed by atoms with E-state index in [9.17, 15) is 0 Å². The van der Waals surface area contributed by atoms with Crippen molar-refractivity contribution < 1.29 is 0 Å². The Bertz CT molecular complexity index is 1380. The molecular formula is C31H34N4S. The van der Waals surface area contributed by atoms with E-state index < -0.39 is 0 Å². The smallest absolute Gasteiger partial charge is 0.174 e. The molecule has 0 spiro atoms. The summed E-state index contributed by atoms with van der Waals surface area (Å²) in [6.45, 7) is 13.2. The molecule has 4 nitrogen and oxygen atoms in total. The maximum absolute atomic E-state index is 5.96. The van der Waals surface area contributed by atoms with Gasteiger partial charge in [0.15, 0.2) is 5.11 Å². The molecule has 4 aromatic rings. The average molecular weight is 495 g/mol. The molecule has 1 N–H and O–H groups in total. The zero-order valence-corrected chi connectivity index (χ0v) is 22.7. The summed E-state index contributed by atoms with van der Waals surface area (Å²) in [7, 11) is 0. The van der Waals surface area contributed by atoms with E-state index in [4.69, 9.17) is 17.2 Å². The van der Waals surface area contributed by atoms with Gasteiger partial charge in [0, 0.05) is 23.3 Å². The topological polar surface area (TPSA) is 33.1 Å². The highest BCUT2D eigenvalue weighted by Gasteiger charge is 2.42. The van der Waals surface area contributed by atoms with E-state index in [1.165, 1.54) is 39.3 Å². The van der Waals surface area contributed by atoms with E-state index in [1.54, 1.807) is 0 Å². The van der Waals surface area contributed by atoms with Gasteiger partial charge in [0.05, 0.1) is 23.5 Å². The Morgan fingerprint density at radius 3 is 2.19 bits per heavy atom. The summed E-state index contributed by atoms with van der Waals surface area (Å²) >= 11 is 5.96. The fourth-order valence-electron chi connectivity index (χ4n) is 5.56. The number of nitrogens with one attached hydrogen (secondary N) is 1. The minimum atomic E-state index is -0.0598. The van der Waals surface area contributed by atoms with Crippen molar-refractivity contribution in [1.82, 2.24) is 14.9 Å². The number of hydrogen-bond acceptors (Lipinski definition) is 2. The highest BCUT2D eigenvalue weighted by Crippen LogP contribution is 2.44. The Balaban J connectivity index is 1.68. The van der Waals surface area contributed by atoms with Crippen molar-refractivity contribution in [2.75, 3.05) is 4.90 Å². The lowest BCUT2D eigenvalue weighted by atomic mass is 9.96.